The molecule has 196 valence electrons. The van der Waals surface area contributed by atoms with Crippen molar-refractivity contribution >= 4 is 23.3 Å². The normalized spacial score (nSPS) is 22.6. The van der Waals surface area contributed by atoms with E-state index in [1.54, 1.807) is 11.3 Å². The second-order valence-electron chi connectivity index (χ2n) is 8.26. The van der Waals surface area contributed by atoms with Crippen LogP contribution in [0.3, 0.4) is 0 Å². The third-order valence-electron chi connectivity index (χ3n) is 5.23. The van der Waals surface area contributed by atoms with Crippen molar-refractivity contribution < 1.29 is 50.9 Å². The average molecular weight is 523 g/mol. The van der Waals surface area contributed by atoms with E-state index < -0.39 is 24.3 Å². The number of fused-ring (bicyclic) bond motifs is 1. The molecular weight excluding hydrogens is 494 g/mol. The molecule has 2 fully saturated rings. The van der Waals surface area contributed by atoms with Crippen molar-refractivity contribution in [2.45, 2.75) is 57.4 Å². The molecule has 0 aliphatic carbocycles. The SMILES string of the molecule is CC(C)N(C)C[C@H]1C[C@@H]2CN(Cc3ccsc3)C[C@@H]2O1.O=C(O)C(F)(F)F.O=C(O)C(F)(F)F. The molecule has 2 saturated heterocycles. The van der Waals surface area contributed by atoms with Crippen molar-refractivity contribution in [3.05, 3.63) is 22.4 Å². The number of carboxylic acids is 2. The number of rotatable bonds is 5. The van der Waals surface area contributed by atoms with Gasteiger partial charge in [0, 0.05) is 38.1 Å². The van der Waals surface area contributed by atoms with Gasteiger partial charge in [0.05, 0.1) is 12.2 Å². The van der Waals surface area contributed by atoms with E-state index in [4.69, 9.17) is 24.5 Å². The van der Waals surface area contributed by atoms with Gasteiger partial charge in [-0.1, -0.05) is 0 Å². The quantitative estimate of drug-likeness (QED) is 0.566. The van der Waals surface area contributed by atoms with Crippen LogP contribution in [0.1, 0.15) is 25.8 Å². The van der Waals surface area contributed by atoms with Gasteiger partial charge in [0.25, 0.3) is 0 Å². The van der Waals surface area contributed by atoms with Gasteiger partial charge in [-0.25, -0.2) is 9.59 Å². The zero-order valence-electron chi connectivity index (χ0n) is 18.8. The first kappa shape index (κ1) is 30.1. The first-order valence-electron chi connectivity index (χ1n) is 10.2. The van der Waals surface area contributed by atoms with Gasteiger partial charge in [-0.05, 0) is 49.7 Å². The fourth-order valence-electron chi connectivity index (χ4n) is 3.37. The molecule has 0 amide bonds. The van der Waals surface area contributed by atoms with E-state index in [9.17, 15) is 26.3 Å². The summed E-state index contributed by atoms with van der Waals surface area (Å²) in [6.07, 6.45) is -8.01. The monoisotopic (exact) mass is 522 g/mol. The van der Waals surface area contributed by atoms with Gasteiger partial charge in [-0.2, -0.15) is 37.7 Å². The van der Waals surface area contributed by atoms with Gasteiger partial charge in [0.2, 0.25) is 0 Å². The highest BCUT2D eigenvalue weighted by Crippen LogP contribution is 2.34. The number of aliphatic carboxylic acids is 2. The van der Waals surface area contributed by atoms with Crippen LogP contribution in [0.5, 0.6) is 0 Å². The standard InChI is InChI=1S/C16H26N2OS.2C2HF3O2/c1-12(2)17(3)9-15-6-14-8-18(10-16(14)19-15)7-13-4-5-20-11-13;2*3-2(4,5)1(6)7/h4-5,11-12,14-16H,6-10H2,1-3H3;2*(H,6,7)/t14-,15-,16+;;/m1../s1. The summed E-state index contributed by atoms with van der Waals surface area (Å²) < 4.78 is 69.7. The summed E-state index contributed by atoms with van der Waals surface area (Å²) in [4.78, 5) is 22.7. The van der Waals surface area contributed by atoms with Crippen molar-refractivity contribution in [3.8, 4) is 0 Å². The fraction of sp³-hybridized carbons (Fsp3) is 0.700. The zero-order chi connectivity index (χ0) is 26.3. The molecular formula is C20H28F6N2O5S. The van der Waals surface area contributed by atoms with E-state index in [0.717, 1.165) is 25.6 Å². The number of thiophene rings is 1. The topological polar surface area (TPSA) is 90.3 Å². The Kier molecular flexibility index (Phi) is 11.3. The van der Waals surface area contributed by atoms with Crippen LogP contribution in [0, 0.1) is 5.92 Å². The lowest BCUT2D eigenvalue weighted by atomic mass is 10.0. The minimum absolute atomic E-state index is 0.445. The highest BCUT2D eigenvalue weighted by Gasteiger charge is 2.42. The van der Waals surface area contributed by atoms with E-state index in [1.807, 2.05) is 0 Å². The predicted octanol–water partition coefficient (Wildman–Crippen LogP) is 3.94. The minimum Gasteiger partial charge on any atom is -0.475 e. The Morgan fingerprint density at radius 2 is 1.68 bits per heavy atom. The number of nitrogens with zero attached hydrogens (tertiary/aromatic N) is 2. The molecule has 3 atom stereocenters. The number of halogens is 6. The van der Waals surface area contributed by atoms with E-state index in [2.05, 4.69) is 47.5 Å². The Morgan fingerprint density at radius 1 is 1.15 bits per heavy atom. The molecule has 0 unspecified atom stereocenters. The zero-order valence-corrected chi connectivity index (χ0v) is 19.6. The van der Waals surface area contributed by atoms with Crippen LogP contribution in [-0.2, 0) is 20.9 Å². The summed E-state index contributed by atoms with van der Waals surface area (Å²) in [5, 5.41) is 18.7. The second kappa shape index (κ2) is 12.7. The van der Waals surface area contributed by atoms with Gasteiger partial charge in [-0.15, -0.1) is 0 Å². The minimum atomic E-state index is -5.08. The number of likely N-dealkylation sites (N-methyl/N-ethyl adjacent to an activating group) is 1. The fourth-order valence-corrected chi connectivity index (χ4v) is 4.03. The van der Waals surface area contributed by atoms with Crippen LogP contribution in [0.25, 0.3) is 0 Å². The van der Waals surface area contributed by atoms with Crippen molar-refractivity contribution in [3.63, 3.8) is 0 Å². The van der Waals surface area contributed by atoms with E-state index in [0.29, 0.717) is 18.2 Å². The van der Waals surface area contributed by atoms with E-state index in [-0.39, 0.29) is 0 Å². The molecule has 2 aliphatic heterocycles. The third kappa shape index (κ3) is 10.6. The lowest BCUT2D eigenvalue weighted by Crippen LogP contribution is -2.35. The highest BCUT2D eigenvalue weighted by atomic mass is 32.1. The van der Waals surface area contributed by atoms with E-state index >= 15 is 0 Å². The summed E-state index contributed by atoms with van der Waals surface area (Å²) in [5.74, 6) is -4.76. The molecule has 3 rings (SSSR count). The Hall–Kier alpha value is -1.90. The van der Waals surface area contributed by atoms with Crippen molar-refractivity contribution in [1.82, 2.24) is 9.80 Å². The maximum absolute atomic E-state index is 10.6. The average Bonchev–Trinajstić information content (AvgIpc) is 3.38. The molecule has 0 radical (unpaired) electrons. The predicted molar refractivity (Wildman–Crippen MR) is 112 cm³/mol. The van der Waals surface area contributed by atoms with Crippen molar-refractivity contribution in [2.75, 3.05) is 26.7 Å². The number of hydrogen-bond acceptors (Lipinski definition) is 6. The highest BCUT2D eigenvalue weighted by molar-refractivity contribution is 7.07. The van der Waals surface area contributed by atoms with Crippen molar-refractivity contribution in [1.29, 1.82) is 0 Å². The van der Waals surface area contributed by atoms with Crippen LogP contribution < -0.4 is 0 Å². The van der Waals surface area contributed by atoms with Crippen LogP contribution in [-0.4, -0.2) is 89.2 Å². The van der Waals surface area contributed by atoms with Gasteiger partial charge in [-0.3, -0.25) is 4.90 Å². The van der Waals surface area contributed by atoms with Crippen LogP contribution in [0.4, 0.5) is 26.3 Å². The summed E-state index contributed by atoms with van der Waals surface area (Å²) in [5.41, 5.74) is 1.45. The molecule has 0 saturated carbocycles. The molecule has 0 spiro atoms. The molecule has 2 aliphatic rings. The second-order valence-corrected chi connectivity index (χ2v) is 9.04. The largest absolute Gasteiger partial charge is 0.490 e. The number of alkyl halides is 6. The van der Waals surface area contributed by atoms with Crippen LogP contribution in [0.2, 0.25) is 0 Å². The number of carbonyl (C=O) groups is 2. The van der Waals surface area contributed by atoms with Gasteiger partial charge in [0.1, 0.15) is 0 Å². The van der Waals surface area contributed by atoms with Crippen molar-refractivity contribution in [2.24, 2.45) is 5.92 Å². The number of hydrogen-bond donors (Lipinski definition) is 2. The summed E-state index contributed by atoms with van der Waals surface area (Å²) in [7, 11) is 2.20. The summed E-state index contributed by atoms with van der Waals surface area (Å²) in [6, 6.07) is 2.84. The maximum Gasteiger partial charge on any atom is 0.490 e. The molecule has 2 N–H and O–H groups in total. The molecule has 34 heavy (non-hydrogen) atoms. The molecule has 0 aromatic carbocycles. The number of likely N-dealkylation sites (tertiary alicyclic amines) is 1. The summed E-state index contributed by atoms with van der Waals surface area (Å²) in [6.45, 7) is 8.99. The van der Waals surface area contributed by atoms with E-state index in [1.165, 1.54) is 18.5 Å². The smallest absolute Gasteiger partial charge is 0.475 e. The molecule has 0 bridgehead atoms. The molecule has 1 aromatic rings. The van der Waals surface area contributed by atoms with Crippen LogP contribution in [0.15, 0.2) is 16.8 Å². The first-order valence-corrected chi connectivity index (χ1v) is 11.1. The first-order chi connectivity index (χ1) is 15.5. The lowest BCUT2D eigenvalue weighted by molar-refractivity contribution is -0.193. The van der Waals surface area contributed by atoms with Gasteiger partial charge < -0.3 is 19.8 Å². The Morgan fingerprint density at radius 3 is 2.06 bits per heavy atom. The summed E-state index contributed by atoms with van der Waals surface area (Å²) >= 11 is 1.79. The number of ether oxygens (including phenoxy) is 1. The van der Waals surface area contributed by atoms with Gasteiger partial charge in [0.15, 0.2) is 0 Å². The van der Waals surface area contributed by atoms with Crippen LogP contribution >= 0.6 is 11.3 Å². The Labute approximate surface area is 196 Å². The van der Waals surface area contributed by atoms with Gasteiger partial charge >= 0.3 is 24.3 Å². The molecule has 3 heterocycles. The molecule has 1 aromatic heterocycles. The number of carboxylic acid groups (broad SMARTS) is 2. The lowest BCUT2D eigenvalue weighted by Gasteiger charge is -2.25. The molecule has 7 nitrogen and oxygen atoms in total. The third-order valence-corrected chi connectivity index (χ3v) is 5.97. The Balaban J connectivity index is 0.000000343. The molecule has 14 heteroatoms. The Bertz CT molecular complexity index is 734. The maximum atomic E-state index is 10.6.